The first-order chi connectivity index (χ1) is 16.3. The summed E-state index contributed by atoms with van der Waals surface area (Å²) in [4.78, 5) is 24.4. The van der Waals surface area contributed by atoms with Crippen LogP contribution in [-0.4, -0.2) is 53.0 Å². The Morgan fingerprint density at radius 1 is 1.32 bits per heavy atom. The number of hydrogen-bond donors (Lipinski definition) is 3. The van der Waals surface area contributed by atoms with Gasteiger partial charge in [-0.1, -0.05) is 30.3 Å². The Labute approximate surface area is 196 Å². The number of hydrogen-bond acceptors (Lipinski definition) is 7. The van der Waals surface area contributed by atoms with Crippen LogP contribution in [-0.2, 0) is 23.0 Å². The summed E-state index contributed by atoms with van der Waals surface area (Å²) in [5, 5.41) is 25.5. The Balaban J connectivity index is 1.39. The van der Waals surface area contributed by atoms with Gasteiger partial charge in [-0.15, -0.1) is 0 Å². The van der Waals surface area contributed by atoms with Crippen molar-refractivity contribution in [2.24, 2.45) is 7.05 Å². The molecule has 0 aliphatic carbocycles. The van der Waals surface area contributed by atoms with Gasteiger partial charge < -0.3 is 24.9 Å². The summed E-state index contributed by atoms with van der Waals surface area (Å²) in [6, 6.07) is 14.7. The topological polar surface area (TPSA) is 130 Å². The Bertz CT molecular complexity index is 1260. The number of nitriles is 1. The molecule has 9 nitrogen and oxygen atoms in total. The van der Waals surface area contributed by atoms with Gasteiger partial charge in [0.1, 0.15) is 12.1 Å². The van der Waals surface area contributed by atoms with Crippen LogP contribution in [0, 0.1) is 11.3 Å². The van der Waals surface area contributed by atoms with Crippen LogP contribution in [0.3, 0.4) is 0 Å². The maximum absolute atomic E-state index is 12.6. The van der Waals surface area contributed by atoms with E-state index in [0.717, 1.165) is 16.7 Å². The van der Waals surface area contributed by atoms with Crippen molar-refractivity contribution in [3.63, 3.8) is 0 Å². The molecular weight excluding hydrogens is 436 g/mol. The van der Waals surface area contributed by atoms with Crippen molar-refractivity contribution in [3.05, 3.63) is 58.6 Å². The van der Waals surface area contributed by atoms with Gasteiger partial charge in [0.25, 0.3) is 5.91 Å². The van der Waals surface area contributed by atoms with E-state index >= 15 is 0 Å². The lowest BCUT2D eigenvalue weighted by molar-refractivity contribution is -0.135. The van der Waals surface area contributed by atoms with Crippen LogP contribution in [0.4, 0.5) is 0 Å². The summed E-state index contributed by atoms with van der Waals surface area (Å²) in [5.41, 5.74) is 3.18. The number of ether oxygens (including phenoxy) is 1. The number of aromatic nitrogens is 1. The van der Waals surface area contributed by atoms with Crippen molar-refractivity contribution >= 4 is 17.0 Å². The third-order valence-corrected chi connectivity index (χ3v) is 6.08. The van der Waals surface area contributed by atoms with E-state index in [2.05, 4.69) is 16.7 Å². The lowest BCUT2D eigenvalue weighted by atomic mass is 10.0. The molecule has 4 rings (SSSR count). The third-order valence-electron chi connectivity index (χ3n) is 6.08. The molecule has 9 heteroatoms. The monoisotopic (exact) mass is 464 g/mol. The van der Waals surface area contributed by atoms with Crippen LogP contribution in [0.25, 0.3) is 22.2 Å². The summed E-state index contributed by atoms with van der Waals surface area (Å²) in [5.74, 6) is -0.754. The molecular formula is C25H28N4O5. The highest BCUT2D eigenvalue weighted by molar-refractivity contribution is 5.82. The van der Waals surface area contributed by atoms with Crippen molar-refractivity contribution in [1.29, 1.82) is 5.26 Å². The Morgan fingerprint density at radius 2 is 2.06 bits per heavy atom. The number of nitrogens with zero attached hydrogens (tertiary/aromatic N) is 2. The number of aryl methyl sites for hydroxylation is 1. The molecule has 3 atom stereocenters. The van der Waals surface area contributed by atoms with E-state index < -0.39 is 23.5 Å². The summed E-state index contributed by atoms with van der Waals surface area (Å²) in [7, 11) is 1.67. The number of nitrogens with one attached hydrogen (secondary N) is 2. The molecule has 1 aliphatic rings. The van der Waals surface area contributed by atoms with E-state index in [4.69, 9.17) is 9.15 Å². The lowest BCUT2D eigenvalue weighted by Gasteiger charge is -2.29. The molecule has 0 bridgehead atoms. The fourth-order valence-corrected chi connectivity index (χ4v) is 3.98. The number of fused-ring (bicyclic) bond motifs is 1. The van der Waals surface area contributed by atoms with Gasteiger partial charge in [-0.2, -0.15) is 5.26 Å². The second kappa shape index (κ2) is 9.81. The van der Waals surface area contributed by atoms with E-state index in [0.29, 0.717) is 30.5 Å². The average Bonchev–Trinajstić information content (AvgIpc) is 3.09. The van der Waals surface area contributed by atoms with Gasteiger partial charge in [-0.25, -0.2) is 4.79 Å². The molecule has 3 N–H and O–H groups in total. The zero-order chi connectivity index (χ0) is 24.3. The van der Waals surface area contributed by atoms with Crippen molar-refractivity contribution in [2.45, 2.75) is 37.5 Å². The molecule has 2 heterocycles. The fourth-order valence-electron chi connectivity index (χ4n) is 3.98. The van der Waals surface area contributed by atoms with Crippen LogP contribution in [0.5, 0.6) is 0 Å². The number of carbonyl (C=O) groups is 1. The molecule has 0 unspecified atom stereocenters. The lowest BCUT2D eigenvalue weighted by Crippen LogP contribution is -2.51. The quantitative estimate of drug-likeness (QED) is 0.521. The summed E-state index contributed by atoms with van der Waals surface area (Å²) in [6.07, 6.45) is 0.0528. The molecule has 1 amide bonds. The molecule has 178 valence electrons. The van der Waals surface area contributed by atoms with Crippen molar-refractivity contribution in [3.8, 4) is 17.2 Å². The van der Waals surface area contributed by atoms with E-state index in [1.165, 1.54) is 4.57 Å². The van der Waals surface area contributed by atoms with Crippen molar-refractivity contribution in [1.82, 2.24) is 15.2 Å². The maximum atomic E-state index is 12.6. The van der Waals surface area contributed by atoms with Crippen molar-refractivity contribution < 1.29 is 19.1 Å². The minimum absolute atomic E-state index is 0.265. The summed E-state index contributed by atoms with van der Waals surface area (Å²) in [6.45, 7) is 2.63. The first-order valence-electron chi connectivity index (χ1n) is 11.2. The Hall–Kier alpha value is -3.45. The van der Waals surface area contributed by atoms with Crippen LogP contribution < -0.4 is 16.4 Å². The van der Waals surface area contributed by atoms with E-state index in [1.54, 1.807) is 20.0 Å². The molecule has 3 aromatic rings. The van der Waals surface area contributed by atoms with Crippen molar-refractivity contribution in [2.75, 3.05) is 19.7 Å². The Morgan fingerprint density at radius 3 is 2.79 bits per heavy atom. The molecule has 0 spiro atoms. The van der Waals surface area contributed by atoms with E-state index in [1.807, 2.05) is 36.4 Å². The first kappa shape index (κ1) is 23.7. The number of oxazole rings is 1. The normalized spacial score (nSPS) is 21.9. The first-order valence-corrected chi connectivity index (χ1v) is 11.2. The second-order valence-corrected chi connectivity index (χ2v) is 8.94. The average molecular weight is 465 g/mol. The third kappa shape index (κ3) is 5.37. The van der Waals surface area contributed by atoms with E-state index in [-0.39, 0.29) is 19.1 Å². The molecule has 0 radical (unpaired) electrons. The van der Waals surface area contributed by atoms with Gasteiger partial charge in [0.2, 0.25) is 0 Å². The number of benzene rings is 2. The highest BCUT2D eigenvalue weighted by Gasteiger charge is 2.28. The van der Waals surface area contributed by atoms with Gasteiger partial charge in [0, 0.05) is 33.0 Å². The predicted molar refractivity (Wildman–Crippen MR) is 126 cm³/mol. The highest BCUT2D eigenvalue weighted by atomic mass is 16.5. The molecule has 34 heavy (non-hydrogen) atoms. The smallest absolute Gasteiger partial charge is 0.408 e. The molecule has 1 aromatic heterocycles. The molecule has 0 saturated carbocycles. The molecule has 2 aromatic carbocycles. The second-order valence-electron chi connectivity index (χ2n) is 8.94. The van der Waals surface area contributed by atoms with E-state index in [9.17, 15) is 20.0 Å². The number of carbonyl (C=O) groups excluding carboxylic acids is 1. The minimum Gasteiger partial charge on any atom is -0.408 e. The largest absolute Gasteiger partial charge is 0.419 e. The maximum Gasteiger partial charge on any atom is 0.419 e. The SMILES string of the molecule is Cn1c(=O)oc2ccc(-c3ccc(C[C@@H](C#N)NC(=O)[C@@H]4CNC[C@@](C)(O)CCO4)cc3)cc21. The van der Waals surface area contributed by atoms with Gasteiger partial charge in [-0.3, -0.25) is 9.36 Å². The zero-order valence-corrected chi connectivity index (χ0v) is 19.2. The van der Waals surface area contributed by atoms with Crippen LogP contribution in [0.1, 0.15) is 18.9 Å². The number of amides is 1. The van der Waals surface area contributed by atoms with Gasteiger partial charge in [0.05, 0.1) is 23.8 Å². The summed E-state index contributed by atoms with van der Waals surface area (Å²) < 4.78 is 12.3. The number of β-amino-alcohol motifs (C(OH)–C–C–N with tert-alkyl or cyclic N) is 1. The number of aliphatic hydroxyl groups is 1. The Kier molecular flexibility index (Phi) is 6.84. The van der Waals surface area contributed by atoms with Gasteiger partial charge in [0.15, 0.2) is 5.58 Å². The fraction of sp³-hybridized carbons (Fsp3) is 0.400. The van der Waals surface area contributed by atoms with Crippen LogP contribution >= 0.6 is 0 Å². The minimum atomic E-state index is -0.871. The molecule has 1 fully saturated rings. The molecule has 1 aliphatic heterocycles. The summed E-state index contributed by atoms with van der Waals surface area (Å²) >= 11 is 0. The predicted octanol–water partition coefficient (Wildman–Crippen LogP) is 1.48. The highest BCUT2D eigenvalue weighted by Crippen LogP contribution is 2.24. The zero-order valence-electron chi connectivity index (χ0n) is 19.2. The molecule has 1 saturated heterocycles. The van der Waals surface area contributed by atoms with Crippen LogP contribution in [0.2, 0.25) is 0 Å². The van der Waals surface area contributed by atoms with Gasteiger partial charge >= 0.3 is 5.76 Å². The van der Waals surface area contributed by atoms with Crippen LogP contribution in [0.15, 0.2) is 51.7 Å². The number of rotatable bonds is 5. The standard InChI is InChI=1S/C25H28N4O5/c1-25(32)9-10-33-22(14-27-15-25)23(30)28-19(13-26)11-16-3-5-17(6-4-16)18-7-8-21-20(12-18)29(2)24(31)34-21/h3-8,12,19,22,27,32H,9-11,14-15H2,1-2H3,(H,28,30)/t19-,22-,25-/m0/s1. The van der Waals surface area contributed by atoms with Gasteiger partial charge in [-0.05, 0) is 35.7 Å².